The SMILES string of the molecule is N#Cc1ccc(O)c(C=O)c1.N#Cc1ccc(O)c(CO)c1.N#Cc1ccc(O)cc1.N=N[N-]O.[Na+]. The second-order valence-corrected chi connectivity index (χ2v) is 5.96. The number of phenolic OH excluding ortho intramolecular Hbond substituents is 2. The summed E-state index contributed by atoms with van der Waals surface area (Å²) in [5, 5.41) is 69.9. The van der Waals surface area contributed by atoms with Crippen LogP contribution in [0.4, 0.5) is 0 Å². The zero-order valence-electron chi connectivity index (χ0n) is 18.9. The second kappa shape index (κ2) is 19.9. The number of nitrogens with one attached hydrogen (secondary N) is 1. The summed E-state index contributed by atoms with van der Waals surface area (Å²) < 4.78 is 0. The molecule has 0 aliphatic rings. The molecule has 12 nitrogen and oxygen atoms in total. The van der Waals surface area contributed by atoms with Gasteiger partial charge in [0, 0.05) is 5.56 Å². The average molecular weight is 498 g/mol. The number of hydrogen-bond donors (Lipinski definition) is 6. The minimum absolute atomic E-state index is 0. The third kappa shape index (κ3) is 13.3. The quantitative estimate of drug-likeness (QED) is 0.129. The Bertz CT molecular complexity index is 1230. The molecule has 13 heteroatoms. The van der Waals surface area contributed by atoms with E-state index in [1.807, 2.05) is 23.8 Å². The van der Waals surface area contributed by atoms with E-state index in [9.17, 15) is 4.79 Å². The van der Waals surface area contributed by atoms with Crippen LogP contribution in [-0.2, 0) is 6.61 Å². The first-order valence-corrected chi connectivity index (χ1v) is 9.21. The number of nitrogens with zero attached hydrogens (tertiary/aromatic N) is 5. The van der Waals surface area contributed by atoms with Crippen LogP contribution in [0.25, 0.3) is 5.59 Å². The van der Waals surface area contributed by atoms with E-state index >= 15 is 0 Å². The number of hydrogen-bond acceptors (Lipinski definition) is 11. The first kappa shape index (κ1) is 33.7. The largest absolute Gasteiger partial charge is 1.00 e. The fourth-order valence-corrected chi connectivity index (χ4v) is 2.04. The van der Waals surface area contributed by atoms with Gasteiger partial charge in [-0.25, -0.2) is 0 Å². The van der Waals surface area contributed by atoms with E-state index in [-0.39, 0.29) is 59.0 Å². The number of phenols is 3. The molecule has 0 fully saturated rings. The molecule has 0 saturated carbocycles. The number of carbonyl (C=O) groups excluding carboxylic acids is 1. The van der Waals surface area contributed by atoms with Gasteiger partial charge in [-0.1, -0.05) is 0 Å². The van der Waals surface area contributed by atoms with E-state index in [1.165, 1.54) is 48.5 Å². The van der Waals surface area contributed by atoms with Crippen molar-refractivity contribution in [1.82, 2.24) is 0 Å². The number of benzene rings is 3. The predicted octanol–water partition coefficient (Wildman–Crippen LogP) is 0.796. The molecule has 3 aromatic carbocycles. The summed E-state index contributed by atoms with van der Waals surface area (Å²) in [4.78, 5) is 10.2. The van der Waals surface area contributed by atoms with E-state index in [0.29, 0.717) is 28.5 Å². The van der Waals surface area contributed by atoms with Crippen LogP contribution in [-0.4, -0.2) is 31.9 Å². The Kier molecular flexibility index (Phi) is 18.7. The molecule has 0 radical (unpaired) electrons. The topological polar surface area (TPSA) is 240 Å². The Morgan fingerprint density at radius 2 is 1.28 bits per heavy atom. The Morgan fingerprint density at radius 1 is 0.833 bits per heavy atom. The number of aromatic hydroxyl groups is 3. The van der Waals surface area contributed by atoms with Crippen LogP contribution in [0.2, 0.25) is 0 Å². The summed E-state index contributed by atoms with van der Waals surface area (Å²) in [5.41, 5.74) is 9.57. The Labute approximate surface area is 228 Å². The Hall–Kier alpha value is -4.48. The zero-order valence-corrected chi connectivity index (χ0v) is 20.9. The molecule has 3 rings (SSSR count). The molecule has 0 amide bonds. The molecule has 3 aromatic rings. The first-order chi connectivity index (χ1) is 16.8. The van der Waals surface area contributed by atoms with Gasteiger partial charge in [-0.15, -0.1) is 0 Å². The van der Waals surface area contributed by atoms with Crippen LogP contribution in [0.5, 0.6) is 17.2 Å². The van der Waals surface area contributed by atoms with Crippen LogP contribution in [0.3, 0.4) is 0 Å². The van der Waals surface area contributed by atoms with E-state index < -0.39 is 0 Å². The molecule has 0 saturated heterocycles. The van der Waals surface area contributed by atoms with Gasteiger partial charge in [0.1, 0.15) is 17.2 Å². The van der Waals surface area contributed by atoms with Crippen molar-refractivity contribution in [3.05, 3.63) is 94.1 Å². The van der Waals surface area contributed by atoms with E-state index in [2.05, 4.69) is 5.22 Å². The van der Waals surface area contributed by atoms with Crippen molar-refractivity contribution in [2.24, 2.45) is 5.22 Å². The number of aliphatic hydroxyl groups is 1. The maximum atomic E-state index is 10.2. The third-order valence-electron chi connectivity index (χ3n) is 3.70. The van der Waals surface area contributed by atoms with Gasteiger partial charge < -0.3 is 31.2 Å². The van der Waals surface area contributed by atoms with Gasteiger partial charge in [0.15, 0.2) is 6.29 Å². The van der Waals surface area contributed by atoms with Gasteiger partial charge in [0.25, 0.3) is 0 Å². The minimum atomic E-state index is -0.249. The summed E-state index contributed by atoms with van der Waals surface area (Å²) in [6.45, 7) is -0.249. The Morgan fingerprint density at radius 3 is 1.69 bits per heavy atom. The van der Waals surface area contributed by atoms with Gasteiger partial charge in [0.2, 0.25) is 0 Å². The molecule has 0 heterocycles. The maximum Gasteiger partial charge on any atom is 1.00 e. The molecule has 0 aliphatic carbocycles. The zero-order chi connectivity index (χ0) is 26.6. The summed E-state index contributed by atoms with van der Waals surface area (Å²) in [5.74, 6) is 0.111. The maximum absolute atomic E-state index is 10.2. The molecule has 0 bridgehead atoms. The van der Waals surface area contributed by atoms with Crippen LogP contribution < -0.4 is 29.6 Å². The van der Waals surface area contributed by atoms with Crippen molar-refractivity contribution in [1.29, 1.82) is 21.3 Å². The molecule has 36 heavy (non-hydrogen) atoms. The van der Waals surface area contributed by atoms with Crippen molar-refractivity contribution in [3.8, 4) is 35.5 Å². The molecule has 0 spiro atoms. The summed E-state index contributed by atoms with van der Waals surface area (Å²) in [7, 11) is 0. The molecule has 6 N–H and O–H groups in total. The monoisotopic (exact) mass is 498 g/mol. The summed E-state index contributed by atoms with van der Waals surface area (Å²) in [6.07, 6.45) is 0.510. The van der Waals surface area contributed by atoms with Crippen LogP contribution in [0.1, 0.15) is 32.6 Å². The summed E-state index contributed by atoms with van der Waals surface area (Å²) >= 11 is 0. The number of aldehydes is 1. The van der Waals surface area contributed by atoms with E-state index in [1.54, 1.807) is 12.1 Å². The summed E-state index contributed by atoms with van der Waals surface area (Å²) in [6, 6.07) is 20.3. The van der Waals surface area contributed by atoms with Gasteiger partial charge >= 0.3 is 29.6 Å². The second-order valence-electron chi connectivity index (χ2n) is 5.96. The van der Waals surface area contributed by atoms with Crippen molar-refractivity contribution >= 4 is 6.29 Å². The third-order valence-corrected chi connectivity index (χ3v) is 3.70. The fraction of sp³-hybridized carbons (Fsp3) is 0.0435. The average Bonchev–Trinajstić information content (AvgIpc) is 2.90. The number of nitriles is 3. The Balaban J connectivity index is 0. The van der Waals surface area contributed by atoms with Gasteiger partial charge in [-0.3, -0.25) is 15.6 Å². The molecular weight excluding hydrogens is 479 g/mol. The normalized spacial score (nSPS) is 8.08. The molecule has 0 atom stereocenters. The van der Waals surface area contributed by atoms with E-state index in [4.69, 9.17) is 47.0 Å². The predicted molar refractivity (Wildman–Crippen MR) is 120 cm³/mol. The van der Waals surface area contributed by atoms with Crippen molar-refractivity contribution in [3.63, 3.8) is 0 Å². The first-order valence-electron chi connectivity index (χ1n) is 9.21. The standard InChI is InChI=1S/C8H7NO2.C8H5NO2.C7H5NO.H2N3O.Na/c2*9-4-6-1-2-8(11)7(3-6)5-10;8-5-6-1-3-7(9)4-2-6;1-2-3-4;/h1-3,10-11H,5H2;1-3,5,11H;1-4,9H;(H2-,1,2,3,4);/q;;;-1;+1. The molecule has 0 aliphatic heterocycles. The fourth-order valence-electron chi connectivity index (χ4n) is 2.04. The van der Waals surface area contributed by atoms with Gasteiger partial charge in [-0.05, 0) is 60.7 Å². The number of carbonyl (C=O) groups is 1. The van der Waals surface area contributed by atoms with Crippen LogP contribution >= 0.6 is 0 Å². The number of aliphatic hydroxyl groups excluding tert-OH is 1. The van der Waals surface area contributed by atoms with Crippen LogP contribution in [0, 0.1) is 39.5 Å². The molecule has 0 unspecified atom stereocenters. The van der Waals surface area contributed by atoms with Gasteiger partial charge in [0.05, 0.1) is 47.1 Å². The van der Waals surface area contributed by atoms with Gasteiger partial charge in [-0.2, -0.15) is 15.8 Å². The minimum Gasteiger partial charge on any atom is -0.508 e. The molecule has 178 valence electrons. The van der Waals surface area contributed by atoms with E-state index in [0.717, 1.165) is 0 Å². The molecule has 0 aromatic heterocycles. The molecular formula is C23H19N6NaO6. The van der Waals surface area contributed by atoms with Crippen molar-refractivity contribution < 1.29 is 60.0 Å². The van der Waals surface area contributed by atoms with Crippen molar-refractivity contribution in [2.45, 2.75) is 6.61 Å². The van der Waals surface area contributed by atoms with Crippen molar-refractivity contribution in [2.75, 3.05) is 0 Å². The number of rotatable bonds is 3. The van der Waals surface area contributed by atoms with Crippen LogP contribution in [0.15, 0.2) is 65.9 Å². The smallest absolute Gasteiger partial charge is 0.508 e.